The van der Waals surface area contributed by atoms with E-state index in [1.165, 1.54) is 11.1 Å². The van der Waals surface area contributed by atoms with Gasteiger partial charge in [-0.15, -0.1) is 0 Å². The second-order valence-corrected chi connectivity index (χ2v) is 7.23. The van der Waals surface area contributed by atoms with Crippen LogP contribution in [0.4, 0.5) is 0 Å². The van der Waals surface area contributed by atoms with E-state index in [0.717, 1.165) is 32.7 Å². The minimum absolute atomic E-state index is 0.0810. The van der Waals surface area contributed by atoms with Crippen molar-refractivity contribution in [1.29, 1.82) is 0 Å². The smallest absolute Gasteiger partial charge is 0.0453 e. The lowest BCUT2D eigenvalue weighted by Gasteiger charge is -2.31. The van der Waals surface area contributed by atoms with E-state index in [2.05, 4.69) is 63.0 Å². The van der Waals surface area contributed by atoms with Gasteiger partial charge in [0.25, 0.3) is 0 Å². The van der Waals surface area contributed by atoms with Gasteiger partial charge < -0.3 is 0 Å². The Hall–Kier alpha value is -0.0200. The maximum atomic E-state index is 6.35. The molecule has 0 saturated carbocycles. The lowest BCUT2D eigenvalue weighted by atomic mass is 9.79. The van der Waals surface area contributed by atoms with Crippen molar-refractivity contribution >= 4 is 55.1 Å². The fourth-order valence-corrected chi connectivity index (χ4v) is 4.84. The van der Waals surface area contributed by atoms with Crippen molar-refractivity contribution in [3.05, 3.63) is 69.2 Å². The second-order valence-electron chi connectivity index (χ2n) is 5.29. The first kappa shape index (κ1) is 17.3. The normalized spacial score (nSPS) is 11.7. The average molecular weight is 451 g/mol. The zero-order chi connectivity index (χ0) is 15.5. The van der Waals surface area contributed by atoms with E-state index in [1.54, 1.807) is 0 Å². The van der Waals surface area contributed by atoms with Gasteiger partial charge in [0.05, 0.1) is 0 Å². The highest BCUT2D eigenvalue weighted by atomic mass is 79.9. The number of alkyl halides is 2. The van der Waals surface area contributed by atoms with Gasteiger partial charge in [-0.05, 0) is 36.6 Å². The van der Waals surface area contributed by atoms with E-state index >= 15 is 0 Å². The molecule has 0 unspecified atom stereocenters. The maximum Gasteiger partial charge on any atom is 0.0453 e. The molecule has 0 nitrogen and oxygen atoms in total. The first-order valence-corrected chi connectivity index (χ1v) is 9.64. The molecule has 0 heterocycles. The molecule has 2 aromatic carbocycles. The monoisotopic (exact) mass is 448 g/mol. The Bertz CT molecular complexity index is 584. The Morgan fingerprint density at radius 2 is 1.43 bits per heavy atom. The molecule has 0 aliphatic heterocycles. The molecule has 0 aliphatic rings. The summed E-state index contributed by atoms with van der Waals surface area (Å²) in [5.41, 5.74) is 3.45. The molecule has 21 heavy (non-hydrogen) atoms. The summed E-state index contributed by atoms with van der Waals surface area (Å²) in [5, 5.41) is 3.10. The zero-order valence-corrected chi connectivity index (χ0v) is 16.4. The third-order valence-corrected chi connectivity index (χ3v) is 6.61. The van der Waals surface area contributed by atoms with Crippen molar-refractivity contribution in [2.24, 2.45) is 0 Å². The van der Waals surface area contributed by atoms with Crippen LogP contribution in [0.3, 0.4) is 0 Å². The van der Waals surface area contributed by atoms with Crippen LogP contribution >= 0.6 is 55.1 Å². The van der Waals surface area contributed by atoms with Gasteiger partial charge in [-0.3, -0.25) is 0 Å². The molecule has 0 bridgehead atoms. The molecular weight excluding hydrogens is 435 g/mol. The van der Waals surface area contributed by atoms with Gasteiger partial charge in [-0.1, -0.05) is 91.0 Å². The summed E-state index contributed by atoms with van der Waals surface area (Å²) < 4.78 is 0. The number of aryl methyl sites for hydroxylation is 1. The molecular formula is C17H16Br2Cl2. The van der Waals surface area contributed by atoms with Gasteiger partial charge >= 0.3 is 0 Å². The molecule has 2 rings (SSSR count). The Morgan fingerprint density at radius 3 is 1.90 bits per heavy atom. The number of benzene rings is 2. The first-order chi connectivity index (χ1) is 10.0. The quantitative estimate of drug-likeness (QED) is 0.452. The van der Waals surface area contributed by atoms with Crippen molar-refractivity contribution in [3.63, 3.8) is 0 Å². The minimum Gasteiger partial charge on any atom is -0.0918 e. The summed E-state index contributed by atoms with van der Waals surface area (Å²) >= 11 is 20.1. The van der Waals surface area contributed by atoms with Crippen molar-refractivity contribution in [3.8, 4) is 0 Å². The third kappa shape index (κ3) is 3.85. The molecule has 0 N–H and O–H groups in total. The first-order valence-electron chi connectivity index (χ1n) is 6.64. The molecule has 4 heteroatoms. The lowest BCUT2D eigenvalue weighted by molar-refractivity contribution is 0.551. The Morgan fingerprint density at radius 1 is 0.905 bits per heavy atom. The lowest BCUT2D eigenvalue weighted by Crippen LogP contribution is -2.33. The summed E-state index contributed by atoms with van der Waals surface area (Å²) in [6.07, 6.45) is 0.783. The van der Waals surface area contributed by atoms with Crippen LogP contribution in [0.25, 0.3) is 0 Å². The van der Waals surface area contributed by atoms with E-state index in [9.17, 15) is 0 Å². The number of hydrogen-bond acceptors (Lipinski definition) is 0. The number of halogens is 4. The molecule has 0 fully saturated rings. The highest BCUT2D eigenvalue weighted by Crippen LogP contribution is 2.37. The van der Waals surface area contributed by atoms with Crippen molar-refractivity contribution in [1.82, 2.24) is 0 Å². The van der Waals surface area contributed by atoms with Crippen LogP contribution in [-0.2, 0) is 11.8 Å². The predicted octanol–water partition coefficient (Wildman–Crippen LogP) is 6.57. The maximum absolute atomic E-state index is 6.35. The number of hydrogen-bond donors (Lipinski definition) is 0. The summed E-state index contributed by atoms with van der Waals surface area (Å²) in [6.45, 7) is 2.10. The summed E-state index contributed by atoms with van der Waals surface area (Å²) in [6, 6.07) is 14.3. The average Bonchev–Trinajstić information content (AvgIpc) is 2.49. The molecule has 0 atom stereocenters. The summed E-state index contributed by atoms with van der Waals surface area (Å²) in [4.78, 5) is 0. The highest BCUT2D eigenvalue weighted by molar-refractivity contribution is 9.09. The van der Waals surface area contributed by atoms with Crippen molar-refractivity contribution in [2.75, 3.05) is 10.7 Å². The Labute approximate surface area is 153 Å². The highest BCUT2D eigenvalue weighted by Gasteiger charge is 2.32. The van der Waals surface area contributed by atoms with Gasteiger partial charge in [0.2, 0.25) is 0 Å². The van der Waals surface area contributed by atoms with Crippen LogP contribution in [0, 0.1) is 6.92 Å². The van der Waals surface area contributed by atoms with Gasteiger partial charge in [-0.25, -0.2) is 0 Å². The van der Waals surface area contributed by atoms with E-state index < -0.39 is 0 Å². The Kier molecular flexibility index (Phi) is 6.19. The molecule has 0 radical (unpaired) electrons. The van der Waals surface area contributed by atoms with Crippen LogP contribution in [0.15, 0.2) is 42.5 Å². The van der Waals surface area contributed by atoms with Crippen LogP contribution in [-0.4, -0.2) is 10.7 Å². The third-order valence-electron chi connectivity index (χ3n) is 3.75. The van der Waals surface area contributed by atoms with Crippen LogP contribution in [0.2, 0.25) is 10.0 Å². The standard InChI is InChI=1S/C17H16Br2Cl2/c1-12-5-7-13(8-6-12)17(10-18,11-19)9-14-15(20)3-2-4-16(14)21/h2-8H,9-11H2,1H3. The zero-order valence-electron chi connectivity index (χ0n) is 11.7. The predicted molar refractivity (Wildman–Crippen MR) is 101 cm³/mol. The van der Waals surface area contributed by atoms with E-state index in [-0.39, 0.29) is 5.41 Å². The van der Waals surface area contributed by atoms with Crippen LogP contribution < -0.4 is 0 Å². The molecule has 0 spiro atoms. The van der Waals surface area contributed by atoms with E-state index in [1.807, 2.05) is 18.2 Å². The van der Waals surface area contributed by atoms with E-state index in [4.69, 9.17) is 23.2 Å². The van der Waals surface area contributed by atoms with Gasteiger partial charge in [-0.2, -0.15) is 0 Å². The molecule has 0 saturated heterocycles. The largest absolute Gasteiger partial charge is 0.0918 e. The van der Waals surface area contributed by atoms with Crippen LogP contribution in [0.5, 0.6) is 0 Å². The van der Waals surface area contributed by atoms with Crippen molar-refractivity contribution in [2.45, 2.75) is 18.8 Å². The summed E-state index contributed by atoms with van der Waals surface area (Å²) in [5.74, 6) is 0. The van der Waals surface area contributed by atoms with Crippen LogP contribution in [0.1, 0.15) is 16.7 Å². The molecule has 0 amide bonds. The van der Waals surface area contributed by atoms with Gasteiger partial charge in [0, 0.05) is 26.1 Å². The van der Waals surface area contributed by atoms with Gasteiger partial charge in [0.1, 0.15) is 0 Å². The van der Waals surface area contributed by atoms with Gasteiger partial charge in [0.15, 0.2) is 0 Å². The topological polar surface area (TPSA) is 0 Å². The summed E-state index contributed by atoms with van der Waals surface area (Å²) in [7, 11) is 0. The fraction of sp³-hybridized carbons (Fsp3) is 0.294. The minimum atomic E-state index is -0.0810. The molecule has 0 aliphatic carbocycles. The fourth-order valence-electron chi connectivity index (χ4n) is 2.33. The molecule has 0 aromatic heterocycles. The van der Waals surface area contributed by atoms with Crippen molar-refractivity contribution < 1.29 is 0 Å². The second kappa shape index (κ2) is 7.50. The Balaban J connectivity index is 2.45. The SMILES string of the molecule is Cc1ccc(C(CBr)(CBr)Cc2c(Cl)cccc2Cl)cc1. The number of rotatable bonds is 5. The van der Waals surface area contributed by atoms with E-state index in [0.29, 0.717) is 0 Å². The molecule has 112 valence electrons. The molecule has 2 aromatic rings.